The lowest BCUT2D eigenvalue weighted by atomic mass is 9.75. The van der Waals surface area contributed by atoms with Crippen LogP contribution in [-0.2, 0) is 0 Å². The van der Waals surface area contributed by atoms with Crippen molar-refractivity contribution >= 4 is 0 Å². The summed E-state index contributed by atoms with van der Waals surface area (Å²) in [5, 5.41) is 3.83. The lowest BCUT2D eigenvalue weighted by Gasteiger charge is -2.38. The molecule has 0 aliphatic heterocycles. The van der Waals surface area contributed by atoms with Crippen LogP contribution in [0.5, 0.6) is 0 Å². The van der Waals surface area contributed by atoms with Crippen LogP contribution in [0.3, 0.4) is 0 Å². The lowest BCUT2D eigenvalue weighted by Crippen LogP contribution is -2.44. The van der Waals surface area contributed by atoms with E-state index in [1.54, 1.807) is 5.56 Å². The van der Waals surface area contributed by atoms with Crippen LogP contribution in [0.4, 0.5) is 0 Å². The van der Waals surface area contributed by atoms with Crippen LogP contribution in [0, 0.1) is 6.92 Å². The van der Waals surface area contributed by atoms with Crippen LogP contribution in [-0.4, -0.2) is 12.1 Å². The summed E-state index contributed by atoms with van der Waals surface area (Å²) in [6.45, 7) is 2.19. The molecule has 2 fully saturated rings. The molecule has 2 saturated carbocycles. The van der Waals surface area contributed by atoms with Crippen molar-refractivity contribution in [2.45, 2.75) is 63.5 Å². The first-order valence-corrected chi connectivity index (χ1v) is 7.14. The maximum absolute atomic E-state index is 3.83. The zero-order chi connectivity index (χ0) is 11.7. The highest BCUT2D eigenvalue weighted by Crippen LogP contribution is 2.38. The van der Waals surface area contributed by atoms with Gasteiger partial charge in [-0.2, -0.15) is 0 Å². The van der Waals surface area contributed by atoms with Crippen molar-refractivity contribution in [3.8, 4) is 0 Å². The predicted molar refractivity (Wildman–Crippen MR) is 72.3 cm³/mol. The van der Waals surface area contributed by atoms with Gasteiger partial charge in [0.2, 0.25) is 0 Å². The van der Waals surface area contributed by atoms with Crippen LogP contribution in [0.2, 0.25) is 0 Å². The Bertz CT molecular complexity index is 373. The Morgan fingerprint density at radius 1 is 1.06 bits per heavy atom. The van der Waals surface area contributed by atoms with E-state index >= 15 is 0 Å². The van der Waals surface area contributed by atoms with Gasteiger partial charge in [-0.3, -0.25) is 0 Å². The summed E-state index contributed by atoms with van der Waals surface area (Å²) >= 11 is 0. The molecule has 17 heavy (non-hydrogen) atoms. The van der Waals surface area contributed by atoms with E-state index in [0.29, 0.717) is 0 Å². The van der Waals surface area contributed by atoms with Crippen molar-refractivity contribution in [1.82, 2.24) is 5.32 Å². The van der Waals surface area contributed by atoms with E-state index in [-0.39, 0.29) is 0 Å². The van der Waals surface area contributed by atoms with Crippen molar-refractivity contribution in [2.75, 3.05) is 0 Å². The van der Waals surface area contributed by atoms with Gasteiger partial charge in [0.1, 0.15) is 0 Å². The summed E-state index contributed by atoms with van der Waals surface area (Å²) in [7, 11) is 0. The normalized spacial score (nSPS) is 29.2. The molecule has 0 atom stereocenters. The van der Waals surface area contributed by atoms with Crippen molar-refractivity contribution < 1.29 is 0 Å². The van der Waals surface area contributed by atoms with E-state index in [4.69, 9.17) is 0 Å². The fourth-order valence-electron chi connectivity index (χ4n) is 3.38. The smallest absolute Gasteiger partial charge is 0.00813 e. The monoisotopic (exact) mass is 229 g/mol. The molecule has 1 aromatic rings. The molecule has 2 aliphatic rings. The molecule has 1 nitrogen and oxygen atoms in total. The average molecular weight is 229 g/mol. The zero-order valence-electron chi connectivity index (χ0n) is 10.8. The van der Waals surface area contributed by atoms with Gasteiger partial charge in [-0.1, -0.05) is 42.7 Å². The lowest BCUT2D eigenvalue weighted by molar-refractivity contribution is 0.265. The molecule has 0 saturated heterocycles. The van der Waals surface area contributed by atoms with E-state index in [0.717, 1.165) is 18.0 Å². The summed E-state index contributed by atoms with van der Waals surface area (Å²) in [4.78, 5) is 0. The molecule has 0 heterocycles. The third-order valence-corrected chi connectivity index (χ3v) is 4.48. The van der Waals surface area contributed by atoms with Crippen molar-refractivity contribution in [1.29, 1.82) is 0 Å². The summed E-state index contributed by atoms with van der Waals surface area (Å²) in [5.74, 6) is 0.814. The van der Waals surface area contributed by atoms with E-state index < -0.39 is 0 Å². The maximum atomic E-state index is 3.83. The van der Waals surface area contributed by atoms with Crippen LogP contribution >= 0.6 is 0 Å². The second-order valence-electron chi connectivity index (χ2n) is 5.93. The van der Waals surface area contributed by atoms with Gasteiger partial charge in [-0.15, -0.1) is 0 Å². The Labute approximate surface area is 105 Å². The number of aryl methyl sites for hydroxylation is 1. The highest BCUT2D eigenvalue weighted by Gasteiger charge is 2.32. The average Bonchev–Trinajstić information content (AvgIpc) is 2.75. The summed E-state index contributed by atoms with van der Waals surface area (Å²) in [6.07, 6.45) is 8.38. The van der Waals surface area contributed by atoms with Gasteiger partial charge in [0.15, 0.2) is 0 Å². The molecule has 3 rings (SSSR count). The molecule has 0 unspecified atom stereocenters. The highest BCUT2D eigenvalue weighted by atomic mass is 15.0. The molecule has 0 amide bonds. The minimum Gasteiger partial charge on any atom is -0.311 e. The first-order chi connectivity index (χ1) is 8.31. The van der Waals surface area contributed by atoms with Crippen LogP contribution in [0.15, 0.2) is 24.3 Å². The molecule has 92 valence electrons. The fourth-order valence-corrected chi connectivity index (χ4v) is 3.38. The second kappa shape index (κ2) is 4.81. The number of hydrogen-bond donors (Lipinski definition) is 1. The van der Waals surface area contributed by atoms with Gasteiger partial charge in [0, 0.05) is 12.1 Å². The summed E-state index contributed by atoms with van der Waals surface area (Å²) in [6, 6.07) is 10.7. The third kappa shape index (κ3) is 2.55. The topological polar surface area (TPSA) is 12.0 Å². The van der Waals surface area contributed by atoms with E-state index in [1.165, 1.54) is 44.1 Å². The van der Waals surface area contributed by atoms with Gasteiger partial charge in [-0.05, 0) is 44.1 Å². The minimum absolute atomic E-state index is 0.795. The number of nitrogens with one attached hydrogen (secondary N) is 1. The van der Waals surface area contributed by atoms with Gasteiger partial charge in [0.25, 0.3) is 0 Å². The van der Waals surface area contributed by atoms with Crippen molar-refractivity contribution in [2.24, 2.45) is 0 Å². The number of rotatable bonds is 3. The second-order valence-corrected chi connectivity index (χ2v) is 5.93. The first-order valence-electron chi connectivity index (χ1n) is 7.14. The Kier molecular flexibility index (Phi) is 3.19. The van der Waals surface area contributed by atoms with Crippen LogP contribution in [0.25, 0.3) is 0 Å². The van der Waals surface area contributed by atoms with E-state index in [1.807, 2.05) is 0 Å². The molecule has 1 N–H and O–H groups in total. The molecule has 1 aromatic carbocycles. The third-order valence-electron chi connectivity index (χ3n) is 4.48. The number of benzene rings is 1. The van der Waals surface area contributed by atoms with E-state index in [2.05, 4.69) is 36.5 Å². The summed E-state index contributed by atoms with van der Waals surface area (Å²) < 4.78 is 0. The zero-order valence-corrected chi connectivity index (χ0v) is 10.8. The van der Waals surface area contributed by atoms with Crippen LogP contribution in [0.1, 0.15) is 55.6 Å². The Balaban J connectivity index is 1.50. The number of hydrogen-bond acceptors (Lipinski definition) is 1. The van der Waals surface area contributed by atoms with Crippen molar-refractivity contribution in [3.05, 3.63) is 35.4 Å². The molecular formula is C16H23N. The quantitative estimate of drug-likeness (QED) is 0.832. The predicted octanol–water partition coefficient (Wildman–Crippen LogP) is 3.77. The van der Waals surface area contributed by atoms with Gasteiger partial charge in [0.05, 0.1) is 0 Å². The summed E-state index contributed by atoms with van der Waals surface area (Å²) in [5.41, 5.74) is 2.95. The molecule has 2 aliphatic carbocycles. The van der Waals surface area contributed by atoms with Gasteiger partial charge < -0.3 is 5.32 Å². The molecule has 1 heteroatoms. The van der Waals surface area contributed by atoms with E-state index in [9.17, 15) is 0 Å². The van der Waals surface area contributed by atoms with Gasteiger partial charge in [-0.25, -0.2) is 0 Å². The largest absolute Gasteiger partial charge is 0.311 e. The Hall–Kier alpha value is -0.820. The van der Waals surface area contributed by atoms with Crippen molar-refractivity contribution in [3.63, 3.8) is 0 Å². The highest BCUT2D eigenvalue weighted by molar-refractivity contribution is 5.27. The standard InChI is InChI=1S/C16H23N/c1-12-5-4-6-13(9-12)14-10-16(11-14)17-15-7-2-3-8-15/h4-6,9,14-17H,2-3,7-8,10-11H2,1H3. The minimum atomic E-state index is 0.795. The first kappa shape index (κ1) is 11.3. The SMILES string of the molecule is Cc1cccc(C2CC(NC3CCCC3)C2)c1. The molecule has 0 spiro atoms. The molecule has 0 radical (unpaired) electrons. The van der Waals surface area contributed by atoms with Gasteiger partial charge >= 0.3 is 0 Å². The van der Waals surface area contributed by atoms with Crippen LogP contribution < -0.4 is 5.32 Å². The molecular weight excluding hydrogens is 206 g/mol. The Morgan fingerprint density at radius 3 is 2.53 bits per heavy atom. The molecule has 0 bridgehead atoms. The fraction of sp³-hybridized carbons (Fsp3) is 0.625. The maximum Gasteiger partial charge on any atom is 0.00813 e. The Morgan fingerprint density at radius 2 is 1.82 bits per heavy atom. The molecule has 0 aromatic heterocycles.